The topological polar surface area (TPSA) is 84.1 Å². The zero-order valence-corrected chi connectivity index (χ0v) is 18.7. The minimum atomic E-state index is -4.77. The molecule has 0 aliphatic rings. The number of rotatable bonds is 9. The van der Waals surface area contributed by atoms with E-state index in [1.807, 2.05) is 26.8 Å². The summed E-state index contributed by atoms with van der Waals surface area (Å²) in [5.41, 5.74) is 2.88. The molecular weight excluding hydrogens is 447 g/mol. The molecule has 12 heteroatoms. The van der Waals surface area contributed by atoms with E-state index in [-0.39, 0.29) is 23.3 Å². The molecule has 0 amide bonds. The van der Waals surface area contributed by atoms with Gasteiger partial charge in [-0.2, -0.15) is 4.68 Å². The number of methoxy groups -OCH3 is 1. The van der Waals surface area contributed by atoms with Crippen LogP contribution in [0.1, 0.15) is 34.7 Å². The highest BCUT2D eigenvalue weighted by molar-refractivity contribution is 7.99. The van der Waals surface area contributed by atoms with Crippen LogP contribution < -0.4 is 4.74 Å². The number of halogens is 3. The average Bonchev–Trinajstić information content (AvgIpc) is 3.29. The summed E-state index contributed by atoms with van der Waals surface area (Å²) in [5, 5.41) is 11.7. The van der Waals surface area contributed by atoms with Gasteiger partial charge in [-0.15, -0.1) is 18.3 Å². The van der Waals surface area contributed by atoms with Crippen molar-refractivity contribution in [3.63, 3.8) is 0 Å². The molecule has 0 saturated carbocycles. The van der Waals surface area contributed by atoms with Gasteiger partial charge in [-0.05, 0) is 61.5 Å². The lowest BCUT2D eigenvalue weighted by atomic mass is 10.2. The molecule has 0 saturated heterocycles. The van der Waals surface area contributed by atoms with Crippen molar-refractivity contribution < 1.29 is 27.4 Å². The van der Waals surface area contributed by atoms with E-state index < -0.39 is 6.36 Å². The van der Waals surface area contributed by atoms with Gasteiger partial charge in [0.1, 0.15) is 5.75 Å². The molecule has 3 aromatic rings. The average molecular weight is 469 g/mol. The summed E-state index contributed by atoms with van der Waals surface area (Å²) in [5.74, 6) is -0.335. The van der Waals surface area contributed by atoms with Crippen LogP contribution in [0.3, 0.4) is 0 Å². The van der Waals surface area contributed by atoms with Crippen molar-refractivity contribution in [2.45, 2.75) is 38.3 Å². The van der Waals surface area contributed by atoms with E-state index in [1.54, 1.807) is 7.11 Å². The van der Waals surface area contributed by atoms with Crippen LogP contribution in [-0.2, 0) is 4.74 Å². The molecule has 0 spiro atoms. The fraction of sp³-hybridized carbons (Fsp3) is 0.400. The Bertz CT molecular complexity index is 1080. The second-order valence-corrected chi connectivity index (χ2v) is 8.03. The van der Waals surface area contributed by atoms with Gasteiger partial charge >= 0.3 is 6.36 Å². The molecule has 8 nitrogen and oxygen atoms in total. The summed E-state index contributed by atoms with van der Waals surface area (Å²) in [6.45, 7) is 6.38. The van der Waals surface area contributed by atoms with E-state index in [0.717, 1.165) is 23.1 Å². The molecule has 1 aromatic carbocycles. The Labute approximate surface area is 186 Å². The van der Waals surface area contributed by atoms with Crippen LogP contribution in [0.4, 0.5) is 13.2 Å². The van der Waals surface area contributed by atoms with Crippen molar-refractivity contribution in [3.8, 4) is 11.4 Å². The van der Waals surface area contributed by atoms with Gasteiger partial charge in [-0.1, -0.05) is 11.8 Å². The van der Waals surface area contributed by atoms with Crippen LogP contribution in [0.25, 0.3) is 5.69 Å². The van der Waals surface area contributed by atoms with Crippen LogP contribution >= 0.6 is 11.8 Å². The highest BCUT2D eigenvalue weighted by atomic mass is 32.2. The maximum atomic E-state index is 12.9. The molecule has 0 radical (unpaired) electrons. The number of carbonyl (C=O) groups is 1. The van der Waals surface area contributed by atoms with E-state index >= 15 is 0 Å². The molecule has 1 unspecified atom stereocenters. The first-order valence-corrected chi connectivity index (χ1v) is 10.6. The van der Waals surface area contributed by atoms with Gasteiger partial charge in [0, 0.05) is 24.1 Å². The first-order valence-electron chi connectivity index (χ1n) is 9.58. The predicted molar refractivity (Wildman–Crippen MR) is 111 cm³/mol. The number of benzene rings is 1. The summed E-state index contributed by atoms with van der Waals surface area (Å²) in [4.78, 5) is 12.9. The van der Waals surface area contributed by atoms with E-state index in [4.69, 9.17) is 4.74 Å². The van der Waals surface area contributed by atoms with Crippen molar-refractivity contribution in [3.05, 3.63) is 47.3 Å². The van der Waals surface area contributed by atoms with E-state index in [2.05, 4.69) is 24.8 Å². The summed E-state index contributed by atoms with van der Waals surface area (Å²) in [6.07, 6.45) is -4.77. The molecule has 2 aromatic heterocycles. The molecule has 0 fully saturated rings. The van der Waals surface area contributed by atoms with Crippen molar-refractivity contribution in [2.24, 2.45) is 0 Å². The van der Waals surface area contributed by atoms with Gasteiger partial charge < -0.3 is 14.0 Å². The summed E-state index contributed by atoms with van der Waals surface area (Å²) in [7, 11) is 1.63. The minimum Gasteiger partial charge on any atom is -0.406 e. The fourth-order valence-corrected chi connectivity index (χ4v) is 4.26. The van der Waals surface area contributed by atoms with Crippen LogP contribution in [0.15, 0.2) is 35.5 Å². The number of ether oxygens (including phenoxy) is 2. The predicted octanol–water partition coefficient (Wildman–Crippen LogP) is 4.16. The molecule has 2 heterocycles. The fourth-order valence-electron chi connectivity index (χ4n) is 3.48. The SMILES string of the molecule is COCC(C)n1c(C)cc(C(=O)CSc2nnnn2-c2ccc(OC(F)(F)F)cc2)c1C. The Morgan fingerprint density at radius 1 is 1.22 bits per heavy atom. The molecule has 172 valence electrons. The van der Waals surface area contributed by atoms with E-state index in [1.165, 1.54) is 28.9 Å². The number of hydrogen-bond donors (Lipinski definition) is 0. The molecule has 0 N–H and O–H groups in total. The maximum absolute atomic E-state index is 12.9. The molecule has 0 bridgehead atoms. The number of nitrogens with zero attached hydrogens (tertiary/aromatic N) is 5. The lowest BCUT2D eigenvalue weighted by molar-refractivity contribution is -0.274. The van der Waals surface area contributed by atoms with Crippen molar-refractivity contribution >= 4 is 17.5 Å². The first kappa shape index (κ1) is 23.8. The lowest BCUT2D eigenvalue weighted by Gasteiger charge is -2.17. The zero-order valence-electron chi connectivity index (χ0n) is 17.9. The second-order valence-electron chi connectivity index (χ2n) is 7.09. The van der Waals surface area contributed by atoms with Gasteiger partial charge in [0.2, 0.25) is 5.16 Å². The third-order valence-electron chi connectivity index (χ3n) is 4.72. The minimum absolute atomic E-state index is 0.0811. The van der Waals surface area contributed by atoms with Gasteiger partial charge in [-0.25, -0.2) is 0 Å². The van der Waals surface area contributed by atoms with Gasteiger partial charge in [-0.3, -0.25) is 4.79 Å². The van der Waals surface area contributed by atoms with Crippen LogP contribution in [0, 0.1) is 13.8 Å². The molecular formula is C20H22F3N5O3S. The van der Waals surface area contributed by atoms with Crippen molar-refractivity contribution in [1.29, 1.82) is 0 Å². The standard InChI is InChI=1S/C20H22F3N5O3S/c1-12-9-17(14(3)27(12)13(2)10-30-4)18(29)11-32-19-24-25-26-28(19)15-5-7-16(8-6-15)31-20(21,22)23/h5-9,13H,10-11H2,1-4H3. The number of tetrazole rings is 1. The molecule has 1 atom stereocenters. The van der Waals surface area contributed by atoms with Gasteiger partial charge in [0.25, 0.3) is 0 Å². The van der Waals surface area contributed by atoms with Crippen LogP contribution in [0.2, 0.25) is 0 Å². The zero-order chi connectivity index (χ0) is 23.5. The highest BCUT2D eigenvalue weighted by Crippen LogP contribution is 2.26. The number of aryl methyl sites for hydroxylation is 1. The molecule has 3 rings (SSSR count). The Morgan fingerprint density at radius 2 is 1.91 bits per heavy atom. The Balaban J connectivity index is 1.71. The van der Waals surface area contributed by atoms with Crippen molar-refractivity contribution in [1.82, 2.24) is 24.8 Å². The number of ketones is 1. The Hall–Kier alpha value is -2.86. The number of hydrogen-bond acceptors (Lipinski definition) is 7. The summed E-state index contributed by atoms with van der Waals surface area (Å²) < 4.78 is 49.5. The lowest BCUT2D eigenvalue weighted by Crippen LogP contribution is -2.17. The molecule has 0 aliphatic carbocycles. The van der Waals surface area contributed by atoms with Crippen molar-refractivity contribution in [2.75, 3.05) is 19.5 Å². The second kappa shape index (κ2) is 9.74. The van der Waals surface area contributed by atoms with Gasteiger partial charge in [0.05, 0.1) is 24.1 Å². The third-order valence-corrected chi connectivity index (χ3v) is 5.64. The Morgan fingerprint density at radius 3 is 2.53 bits per heavy atom. The third kappa shape index (κ3) is 5.49. The van der Waals surface area contributed by atoms with E-state index in [0.29, 0.717) is 23.0 Å². The first-order chi connectivity index (χ1) is 15.1. The largest absolute Gasteiger partial charge is 0.573 e. The van der Waals surface area contributed by atoms with E-state index in [9.17, 15) is 18.0 Å². The maximum Gasteiger partial charge on any atom is 0.573 e. The number of alkyl halides is 3. The smallest absolute Gasteiger partial charge is 0.406 e. The number of thioether (sulfide) groups is 1. The number of carbonyl (C=O) groups excluding carboxylic acids is 1. The summed E-state index contributed by atoms with van der Waals surface area (Å²) >= 11 is 1.14. The number of aromatic nitrogens is 5. The van der Waals surface area contributed by atoms with Crippen LogP contribution in [0.5, 0.6) is 5.75 Å². The highest BCUT2D eigenvalue weighted by Gasteiger charge is 2.31. The quantitative estimate of drug-likeness (QED) is 0.344. The normalized spacial score (nSPS) is 12.7. The Kier molecular flexibility index (Phi) is 7.24. The summed E-state index contributed by atoms with van der Waals surface area (Å²) in [6, 6.07) is 7.07. The molecule has 32 heavy (non-hydrogen) atoms. The number of Topliss-reactive ketones (excluding diaryl/α,β-unsaturated/α-hetero) is 1. The van der Waals surface area contributed by atoms with Gasteiger partial charge in [0.15, 0.2) is 5.78 Å². The van der Waals surface area contributed by atoms with Crippen LogP contribution in [-0.4, -0.2) is 56.4 Å². The monoisotopic (exact) mass is 469 g/mol. The molecule has 0 aliphatic heterocycles.